The van der Waals surface area contributed by atoms with Crippen LogP contribution in [0.1, 0.15) is 6.92 Å². The number of carbonyl (C=O) groups is 1. The van der Waals surface area contributed by atoms with Crippen LogP contribution in [0.5, 0.6) is 0 Å². The zero-order chi connectivity index (χ0) is 8.43. The van der Waals surface area contributed by atoms with Gasteiger partial charge in [0.1, 0.15) is 0 Å². The Morgan fingerprint density at radius 3 is 2.82 bits per heavy atom. The second-order valence-electron chi connectivity index (χ2n) is 2.75. The smallest absolute Gasteiger partial charge is 0.337 e. The van der Waals surface area contributed by atoms with Gasteiger partial charge in [0, 0.05) is 13.0 Å². The van der Waals surface area contributed by atoms with Gasteiger partial charge in [-0.25, -0.2) is 4.79 Å². The fourth-order valence-electron chi connectivity index (χ4n) is 1.20. The van der Waals surface area contributed by atoms with Gasteiger partial charge in [-0.05, 0) is 0 Å². The summed E-state index contributed by atoms with van der Waals surface area (Å²) in [4.78, 5) is 10.8. The van der Waals surface area contributed by atoms with Crippen molar-refractivity contribution in [3.63, 3.8) is 0 Å². The highest BCUT2D eigenvalue weighted by atomic mass is 16.6. The number of carbonyl (C=O) groups excluding carboxylic acids is 1. The van der Waals surface area contributed by atoms with Gasteiger partial charge in [-0.15, -0.1) is 0 Å². The van der Waals surface area contributed by atoms with E-state index in [1.54, 1.807) is 0 Å². The molecule has 0 aromatic carbocycles. The number of esters is 1. The molecule has 0 aromatic rings. The second kappa shape index (κ2) is 3.19. The summed E-state index contributed by atoms with van der Waals surface area (Å²) >= 11 is 0. The maximum absolute atomic E-state index is 10.8. The van der Waals surface area contributed by atoms with Crippen LogP contribution in [-0.2, 0) is 14.3 Å². The van der Waals surface area contributed by atoms with Crippen molar-refractivity contribution in [2.75, 3.05) is 13.7 Å². The largest absolute Gasteiger partial charge is 0.463 e. The molecule has 11 heavy (non-hydrogen) atoms. The molecule has 3 unspecified atom stereocenters. The van der Waals surface area contributed by atoms with Crippen LogP contribution in [0.25, 0.3) is 0 Å². The molecule has 1 heterocycles. The van der Waals surface area contributed by atoms with E-state index < -0.39 is 18.2 Å². The van der Waals surface area contributed by atoms with Crippen molar-refractivity contribution in [2.45, 2.75) is 19.1 Å². The molecule has 4 heteroatoms. The van der Waals surface area contributed by atoms with Crippen molar-refractivity contribution in [2.24, 2.45) is 5.92 Å². The van der Waals surface area contributed by atoms with E-state index in [1.165, 1.54) is 7.11 Å². The standard InChI is InChI=1S/C7H12O4/c1-4-3-11-7(9)5(8)6(4)10-2/h4-6,8H,3H2,1-2H3. The Morgan fingerprint density at radius 2 is 2.36 bits per heavy atom. The van der Waals surface area contributed by atoms with Crippen LogP contribution in [0.4, 0.5) is 0 Å². The zero-order valence-corrected chi connectivity index (χ0v) is 6.61. The van der Waals surface area contributed by atoms with Crippen LogP contribution in [0, 0.1) is 5.92 Å². The number of rotatable bonds is 1. The molecule has 1 fully saturated rings. The number of methoxy groups -OCH3 is 1. The van der Waals surface area contributed by atoms with Crippen molar-refractivity contribution >= 4 is 5.97 Å². The molecule has 1 aliphatic heterocycles. The Bertz CT molecular complexity index is 157. The van der Waals surface area contributed by atoms with E-state index in [2.05, 4.69) is 4.74 Å². The number of aliphatic hydroxyl groups excluding tert-OH is 1. The van der Waals surface area contributed by atoms with Crippen LogP contribution in [0.15, 0.2) is 0 Å². The first-order valence-electron chi connectivity index (χ1n) is 3.54. The van der Waals surface area contributed by atoms with Crippen LogP contribution >= 0.6 is 0 Å². The maximum atomic E-state index is 10.8. The molecule has 1 saturated heterocycles. The number of ether oxygens (including phenoxy) is 2. The van der Waals surface area contributed by atoms with E-state index in [1.807, 2.05) is 6.92 Å². The first-order chi connectivity index (χ1) is 5.16. The summed E-state index contributed by atoms with van der Waals surface area (Å²) in [5, 5.41) is 9.21. The van der Waals surface area contributed by atoms with Gasteiger partial charge in [0.25, 0.3) is 0 Å². The van der Waals surface area contributed by atoms with Gasteiger partial charge in [-0.3, -0.25) is 0 Å². The quantitative estimate of drug-likeness (QED) is 0.528. The molecule has 0 bridgehead atoms. The number of cyclic esters (lactones) is 1. The van der Waals surface area contributed by atoms with Gasteiger partial charge < -0.3 is 14.6 Å². The summed E-state index contributed by atoms with van der Waals surface area (Å²) in [5.74, 6) is -0.525. The second-order valence-corrected chi connectivity index (χ2v) is 2.75. The molecule has 4 nitrogen and oxygen atoms in total. The average Bonchev–Trinajstić information content (AvgIpc) is 1.99. The number of hydrogen-bond donors (Lipinski definition) is 1. The third-order valence-electron chi connectivity index (χ3n) is 1.87. The first kappa shape index (κ1) is 8.49. The zero-order valence-electron chi connectivity index (χ0n) is 6.61. The highest BCUT2D eigenvalue weighted by Gasteiger charge is 2.36. The third-order valence-corrected chi connectivity index (χ3v) is 1.87. The Balaban J connectivity index is 2.63. The van der Waals surface area contributed by atoms with Gasteiger partial charge in [0.05, 0.1) is 12.7 Å². The highest BCUT2D eigenvalue weighted by Crippen LogP contribution is 2.17. The minimum absolute atomic E-state index is 0.0627. The summed E-state index contributed by atoms with van der Waals surface area (Å²) in [6.45, 7) is 2.19. The SMILES string of the molecule is COC1C(C)COC(=O)C1O. The van der Waals surface area contributed by atoms with E-state index in [0.717, 1.165) is 0 Å². The van der Waals surface area contributed by atoms with E-state index in [9.17, 15) is 9.90 Å². The topological polar surface area (TPSA) is 55.8 Å². The lowest BCUT2D eigenvalue weighted by Gasteiger charge is -2.30. The summed E-state index contributed by atoms with van der Waals surface area (Å²) in [7, 11) is 1.48. The summed E-state index contributed by atoms with van der Waals surface area (Å²) < 4.78 is 9.60. The predicted molar refractivity (Wildman–Crippen MR) is 36.9 cm³/mol. The molecule has 0 saturated carbocycles. The number of hydrogen-bond acceptors (Lipinski definition) is 4. The van der Waals surface area contributed by atoms with Crippen molar-refractivity contribution in [1.29, 1.82) is 0 Å². The van der Waals surface area contributed by atoms with Gasteiger partial charge in [-0.2, -0.15) is 0 Å². The Hall–Kier alpha value is -0.610. The average molecular weight is 160 g/mol. The first-order valence-corrected chi connectivity index (χ1v) is 3.54. The molecule has 0 aliphatic carbocycles. The lowest BCUT2D eigenvalue weighted by atomic mass is 9.98. The third kappa shape index (κ3) is 1.52. The minimum atomic E-state index is -1.12. The Kier molecular flexibility index (Phi) is 2.46. The molecule has 1 N–H and O–H groups in total. The molecular formula is C7H12O4. The van der Waals surface area contributed by atoms with E-state index >= 15 is 0 Å². The molecule has 0 amide bonds. The molecule has 0 aromatic heterocycles. The highest BCUT2D eigenvalue weighted by molar-refractivity contribution is 5.75. The van der Waals surface area contributed by atoms with Gasteiger partial charge in [0.15, 0.2) is 6.10 Å². The normalized spacial score (nSPS) is 38.5. The van der Waals surface area contributed by atoms with Gasteiger partial charge in [-0.1, -0.05) is 6.92 Å². The summed E-state index contributed by atoms with van der Waals surface area (Å²) in [6, 6.07) is 0. The molecular weight excluding hydrogens is 148 g/mol. The Morgan fingerprint density at radius 1 is 1.73 bits per heavy atom. The van der Waals surface area contributed by atoms with E-state index in [0.29, 0.717) is 6.61 Å². The Labute approximate surface area is 65.1 Å². The lowest BCUT2D eigenvalue weighted by Crippen LogP contribution is -2.47. The minimum Gasteiger partial charge on any atom is -0.463 e. The fraction of sp³-hybridized carbons (Fsp3) is 0.857. The fourth-order valence-corrected chi connectivity index (χ4v) is 1.20. The monoisotopic (exact) mass is 160 g/mol. The van der Waals surface area contributed by atoms with E-state index in [-0.39, 0.29) is 5.92 Å². The van der Waals surface area contributed by atoms with Gasteiger partial charge in [0.2, 0.25) is 0 Å². The van der Waals surface area contributed by atoms with Crippen LogP contribution < -0.4 is 0 Å². The predicted octanol–water partition coefficient (Wildman–Crippen LogP) is -0.445. The lowest BCUT2D eigenvalue weighted by molar-refractivity contribution is -0.179. The molecule has 0 radical (unpaired) electrons. The molecule has 3 atom stereocenters. The van der Waals surface area contributed by atoms with Crippen molar-refractivity contribution in [3.8, 4) is 0 Å². The summed E-state index contributed by atoms with van der Waals surface area (Å²) in [6.07, 6.45) is -1.54. The van der Waals surface area contributed by atoms with E-state index in [4.69, 9.17) is 4.74 Å². The molecule has 1 rings (SSSR count). The van der Waals surface area contributed by atoms with Crippen LogP contribution in [0.2, 0.25) is 0 Å². The van der Waals surface area contributed by atoms with Crippen molar-refractivity contribution in [3.05, 3.63) is 0 Å². The molecule has 64 valence electrons. The summed E-state index contributed by atoms with van der Waals surface area (Å²) in [5.41, 5.74) is 0. The number of aliphatic hydroxyl groups is 1. The molecule has 1 aliphatic rings. The maximum Gasteiger partial charge on any atom is 0.337 e. The van der Waals surface area contributed by atoms with Crippen LogP contribution in [0.3, 0.4) is 0 Å². The van der Waals surface area contributed by atoms with Gasteiger partial charge >= 0.3 is 5.97 Å². The van der Waals surface area contributed by atoms with Crippen molar-refractivity contribution < 1.29 is 19.4 Å². The van der Waals surface area contributed by atoms with Crippen molar-refractivity contribution in [1.82, 2.24) is 0 Å². The van der Waals surface area contributed by atoms with Crippen LogP contribution in [-0.4, -0.2) is 37.0 Å². The molecule has 0 spiro atoms.